The van der Waals surface area contributed by atoms with E-state index in [1.165, 1.54) is 29.8 Å². The Balaban J connectivity index is 0.000000244. The van der Waals surface area contributed by atoms with Gasteiger partial charge in [0.05, 0.1) is 62.2 Å². The molecule has 7 N–H and O–H groups in total. The lowest BCUT2D eigenvalue weighted by atomic mass is 10.1. The maximum Gasteiger partial charge on any atom is 0.330 e. The summed E-state index contributed by atoms with van der Waals surface area (Å²) < 4.78 is 16.4. The van der Waals surface area contributed by atoms with Crippen molar-refractivity contribution in [3.8, 4) is 11.8 Å². The second kappa shape index (κ2) is 31.9. The van der Waals surface area contributed by atoms with E-state index >= 15 is 0 Å². The molecule has 0 aliphatic carbocycles. The van der Waals surface area contributed by atoms with Crippen LogP contribution in [0.4, 0.5) is 11.9 Å². The fourth-order valence-electron chi connectivity index (χ4n) is 7.95. The molecule has 0 aliphatic rings. The first-order chi connectivity index (χ1) is 41.1. The van der Waals surface area contributed by atoms with Gasteiger partial charge in [-0.15, -0.1) is 22.7 Å². The van der Waals surface area contributed by atoms with Crippen LogP contribution in [0.25, 0.3) is 12.2 Å². The summed E-state index contributed by atoms with van der Waals surface area (Å²) >= 11 is 2.50. The summed E-state index contributed by atoms with van der Waals surface area (Å²) in [7, 11) is 1.21. The number of amides is 4. The van der Waals surface area contributed by atoms with Crippen molar-refractivity contribution in [3.05, 3.63) is 210 Å². The average molecular weight is 1190 g/mol. The lowest BCUT2D eigenvalue weighted by Gasteiger charge is -2.18. The molecule has 0 fully saturated rings. The summed E-state index contributed by atoms with van der Waals surface area (Å²) in [5.74, 6) is -2.22. The van der Waals surface area contributed by atoms with Crippen molar-refractivity contribution in [2.45, 2.75) is 53.0 Å². The van der Waals surface area contributed by atoms with E-state index in [4.69, 9.17) is 14.2 Å². The Labute approximate surface area is 498 Å². The molecule has 2 atom stereocenters. The molecule has 438 valence electrons. The third-order valence-electron chi connectivity index (χ3n) is 12.1. The average Bonchev–Trinajstić information content (AvgIpc) is 4.37. The lowest BCUT2D eigenvalue weighted by Crippen LogP contribution is -2.49. The smallest absolute Gasteiger partial charge is 0.330 e. The van der Waals surface area contributed by atoms with Gasteiger partial charge < -0.3 is 51.2 Å². The molecular weight excluding hydrogens is 1120 g/mol. The third-order valence-corrected chi connectivity index (χ3v) is 13.8. The number of rotatable bonds is 26. The van der Waals surface area contributed by atoms with E-state index < -0.39 is 41.7 Å². The molecule has 22 nitrogen and oxygen atoms in total. The number of aromatic nitrogens is 6. The van der Waals surface area contributed by atoms with E-state index in [9.17, 15) is 33.9 Å². The Morgan fingerprint density at radius 2 is 0.918 bits per heavy atom. The molecule has 6 heterocycles. The lowest BCUT2D eigenvalue weighted by molar-refractivity contribution is -0.142. The number of methoxy groups -OCH3 is 1. The van der Waals surface area contributed by atoms with Crippen molar-refractivity contribution >= 4 is 82.3 Å². The standard InChI is InChI=1S/C31H32N6O5S.C30H30N6O5S/c1-20-27(29(39)37-24(30(40)41-3)18-33-28(38)25-14-9-17-43-25)21(2)35-31(34-20)32-16-8-13-23-12-7-15-26(36-23)42-19-22-10-5-4-6-11-22;1-19-26(28(38)36-23(29(39)40)17-32-27(37)24-13-8-16-42-24)20(2)34-30(33-19)31-15-7-12-22-11-6-14-25(35-22)41-18-21-9-4-3-5-10-21/h4-15,17,24H,16,18-19H2,1-3H3,(H,33,38)(H,37,39)(H,32,34,35);3-14,16,23H,15,17-18H2,1-2H3,(H,32,37)(H,36,38)(H,39,40)(H,31,33,34)/b13-8+;12-7+/t24-;23-/m00/s1. The number of benzene rings is 2. The van der Waals surface area contributed by atoms with Gasteiger partial charge in [0.15, 0.2) is 0 Å². The summed E-state index contributed by atoms with van der Waals surface area (Å²) in [5, 5.41) is 29.5. The monoisotopic (exact) mass is 1190 g/mol. The van der Waals surface area contributed by atoms with Gasteiger partial charge in [0.1, 0.15) is 25.3 Å². The maximum atomic E-state index is 13.1. The summed E-state index contributed by atoms with van der Waals surface area (Å²) in [5.41, 5.74) is 5.58. The van der Waals surface area contributed by atoms with Gasteiger partial charge >= 0.3 is 11.9 Å². The van der Waals surface area contributed by atoms with Crippen LogP contribution < -0.4 is 41.4 Å². The Bertz CT molecular complexity index is 3560. The van der Waals surface area contributed by atoms with E-state index in [-0.39, 0.29) is 30.1 Å². The predicted molar refractivity (Wildman–Crippen MR) is 324 cm³/mol. The molecule has 6 aromatic heterocycles. The topological polar surface area (TPSA) is 300 Å². The minimum Gasteiger partial charge on any atom is -0.480 e. The summed E-state index contributed by atoms with van der Waals surface area (Å²) in [6.07, 6.45) is 7.44. The Kier molecular flexibility index (Phi) is 23.4. The number of nitrogens with zero attached hydrogens (tertiary/aromatic N) is 6. The number of thiophene rings is 2. The van der Waals surface area contributed by atoms with Crippen molar-refractivity contribution in [1.29, 1.82) is 0 Å². The molecule has 0 spiro atoms. The number of carboxylic acid groups (broad SMARTS) is 1. The first-order valence-corrected chi connectivity index (χ1v) is 28.2. The van der Waals surface area contributed by atoms with Gasteiger partial charge in [-0.05, 0) is 86.0 Å². The molecule has 4 amide bonds. The predicted octanol–water partition coefficient (Wildman–Crippen LogP) is 7.82. The minimum atomic E-state index is -1.33. The molecule has 0 unspecified atom stereocenters. The molecule has 85 heavy (non-hydrogen) atoms. The van der Waals surface area contributed by atoms with E-state index in [1.54, 1.807) is 68.8 Å². The molecular formula is C61H62N12O10S2. The Morgan fingerprint density at radius 3 is 1.31 bits per heavy atom. The van der Waals surface area contributed by atoms with Crippen molar-refractivity contribution in [2.75, 3.05) is 43.9 Å². The highest BCUT2D eigenvalue weighted by Crippen LogP contribution is 2.18. The van der Waals surface area contributed by atoms with E-state index in [0.29, 0.717) is 82.5 Å². The minimum absolute atomic E-state index is 0.142. The molecule has 8 aromatic rings. The molecule has 0 bridgehead atoms. The first kappa shape index (κ1) is 62.4. The Morgan fingerprint density at radius 1 is 0.506 bits per heavy atom. The summed E-state index contributed by atoms with van der Waals surface area (Å²) in [6.45, 7) is 7.90. The number of anilines is 2. The van der Waals surface area contributed by atoms with Gasteiger partial charge in [-0.2, -0.15) is 0 Å². The second-order valence-corrected chi connectivity index (χ2v) is 20.3. The van der Waals surface area contributed by atoms with E-state index in [0.717, 1.165) is 22.5 Å². The number of carboxylic acids is 1. The van der Waals surface area contributed by atoms with Crippen LogP contribution in [0.1, 0.15) is 85.3 Å². The first-order valence-electron chi connectivity index (χ1n) is 26.5. The van der Waals surface area contributed by atoms with Crippen LogP contribution in [0.3, 0.4) is 0 Å². The number of ether oxygens (including phenoxy) is 3. The number of nitrogens with one attached hydrogen (secondary N) is 6. The van der Waals surface area contributed by atoms with E-state index in [2.05, 4.69) is 61.8 Å². The molecule has 0 aliphatic heterocycles. The van der Waals surface area contributed by atoms with Gasteiger partial charge in [0.25, 0.3) is 23.6 Å². The van der Waals surface area contributed by atoms with Crippen molar-refractivity contribution in [2.24, 2.45) is 0 Å². The van der Waals surface area contributed by atoms with Crippen LogP contribution in [0.5, 0.6) is 11.8 Å². The molecule has 2 aromatic carbocycles. The number of aryl methyl sites for hydroxylation is 4. The van der Waals surface area contributed by atoms with Gasteiger partial charge in [-0.25, -0.2) is 39.5 Å². The number of pyridine rings is 2. The zero-order valence-electron chi connectivity index (χ0n) is 47.0. The van der Waals surface area contributed by atoms with Crippen LogP contribution in [0.15, 0.2) is 144 Å². The van der Waals surface area contributed by atoms with Gasteiger partial charge in [0, 0.05) is 38.3 Å². The Hall–Kier alpha value is -10.2. The SMILES string of the molecule is COC(=O)[C@H](CNC(=O)c1cccs1)NC(=O)c1c(C)nc(NC/C=C/c2cccc(OCc3ccccc3)n2)nc1C.Cc1nc(NC/C=C/c2cccc(OCc3ccccc3)n2)nc(C)c1C(=O)N[C@@H](CNC(=O)c1cccs1)C(=O)O. The summed E-state index contributed by atoms with van der Waals surface area (Å²) in [6, 6.07) is 35.1. The quantitative estimate of drug-likeness (QED) is 0.0254. The number of esters is 1. The van der Waals surface area contributed by atoms with Crippen LogP contribution in [-0.4, -0.2) is 116 Å². The number of carbonyl (C=O) groups excluding carboxylic acids is 5. The number of carbonyl (C=O) groups is 6. The van der Waals surface area contributed by atoms with Gasteiger partial charge in [0.2, 0.25) is 23.7 Å². The molecule has 0 saturated heterocycles. The third kappa shape index (κ3) is 19.5. The zero-order valence-corrected chi connectivity index (χ0v) is 48.7. The molecule has 0 saturated carbocycles. The largest absolute Gasteiger partial charge is 0.480 e. The highest BCUT2D eigenvalue weighted by Gasteiger charge is 2.27. The number of hydrogen-bond acceptors (Lipinski definition) is 19. The van der Waals surface area contributed by atoms with Crippen LogP contribution >= 0.6 is 22.7 Å². The zero-order chi connectivity index (χ0) is 60.5. The van der Waals surface area contributed by atoms with Crippen molar-refractivity contribution in [3.63, 3.8) is 0 Å². The van der Waals surface area contributed by atoms with Crippen LogP contribution in [0, 0.1) is 27.7 Å². The number of aliphatic carboxylic acids is 1. The normalized spacial score (nSPS) is 11.5. The highest BCUT2D eigenvalue weighted by atomic mass is 32.1. The fourth-order valence-corrected chi connectivity index (χ4v) is 9.23. The van der Waals surface area contributed by atoms with Crippen molar-refractivity contribution < 1.29 is 48.1 Å². The summed E-state index contributed by atoms with van der Waals surface area (Å²) in [4.78, 5) is 102. The van der Waals surface area contributed by atoms with Crippen LogP contribution in [0.2, 0.25) is 0 Å². The molecule has 8 rings (SSSR count). The van der Waals surface area contributed by atoms with Crippen molar-refractivity contribution in [1.82, 2.24) is 51.2 Å². The van der Waals surface area contributed by atoms with Crippen LogP contribution in [-0.2, 0) is 27.5 Å². The van der Waals surface area contributed by atoms with Gasteiger partial charge in [-0.3, -0.25) is 19.2 Å². The second-order valence-electron chi connectivity index (χ2n) is 18.4. The highest BCUT2D eigenvalue weighted by molar-refractivity contribution is 7.12. The van der Waals surface area contributed by atoms with E-state index in [1.807, 2.05) is 115 Å². The maximum absolute atomic E-state index is 13.1. The van der Waals surface area contributed by atoms with Gasteiger partial charge in [-0.1, -0.05) is 97.1 Å². The number of hydrogen-bond donors (Lipinski definition) is 7. The fraction of sp³-hybridized carbons (Fsp3) is 0.213. The molecule has 0 radical (unpaired) electrons. The molecule has 24 heteroatoms.